The zero-order chi connectivity index (χ0) is 17.4. The molecule has 1 heterocycles. The Labute approximate surface area is 154 Å². The third-order valence-corrected chi connectivity index (χ3v) is 5.82. The van der Waals surface area contributed by atoms with Crippen molar-refractivity contribution in [1.29, 1.82) is 0 Å². The second-order valence-corrected chi connectivity index (χ2v) is 7.82. The van der Waals surface area contributed by atoms with Gasteiger partial charge >= 0.3 is 0 Å². The van der Waals surface area contributed by atoms with E-state index in [0.29, 0.717) is 21.1 Å². The summed E-state index contributed by atoms with van der Waals surface area (Å²) in [6.07, 6.45) is 0. The second-order valence-electron chi connectivity index (χ2n) is 5.49. The molecule has 0 bridgehead atoms. The maximum atomic E-state index is 13.3. The van der Waals surface area contributed by atoms with Crippen molar-refractivity contribution in [2.24, 2.45) is 0 Å². The highest BCUT2D eigenvalue weighted by Crippen LogP contribution is 2.38. The van der Waals surface area contributed by atoms with Gasteiger partial charge in [0.15, 0.2) is 5.76 Å². The highest BCUT2D eigenvalue weighted by atomic mass is 79.9. The number of furan rings is 1. The van der Waals surface area contributed by atoms with Gasteiger partial charge in [0, 0.05) is 20.3 Å². The molecule has 5 heteroatoms. The van der Waals surface area contributed by atoms with Crippen molar-refractivity contribution in [3.05, 3.63) is 83.1 Å². The minimum atomic E-state index is -1.50. The topological polar surface area (TPSA) is 30.2 Å². The van der Waals surface area contributed by atoms with Gasteiger partial charge in [-0.15, -0.1) is 0 Å². The van der Waals surface area contributed by atoms with E-state index in [1.165, 1.54) is 24.3 Å². The van der Waals surface area contributed by atoms with Crippen LogP contribution in [0, 0.1) is 5.82 Å². The predicted octanol–water partition coefficient (Wildman–Crippen LogP) is 6.17. The Kier molecular flexibility index (Phi) is 4.27. The van der Waals surface area contributed by atoms with Gasteiger partial charge in [0.2, 0.25) is 0 Å². The molecular formula is C20H12BrFO2S. The molecule has 0 unspecified atom stereocenters. The van der Waals surface area contributed by atoms with Gasteiger partial charge in [0.25, 0.3) is 0 Å². The SMILES string of the molecule is O=[S@](c1ccc(F)cc1)c1c(-c2ccccc2)oc2ccc(Br)cc12. The number of hydrogen-bond acceptors (Lipinski definition) is 2. The molecule has 0 spiro atoms. The molecule has 0 amide bonds. The lowest BCUT2D eigenvalue weighted by atomic mass is 10.1. The summed E-state index contributed by atoms with van der Waals surface area (Å²) in [7, 11) is -1.50. The quantitative estimate of drug-likeness (QED) is 0.401. The summed E-state index contributed by atoms with van der Waals surface area (Å²) < 4.78 is 33.4. The number of fused-ring (bicyclic) bond motifs is 1. The Balaban J connectivity index is 1.98. The van der Waals surface area contributed by atoms with Crippen molar-refractivity contribution in [3.8, 4) is 11.3 Å². The Morgan fingerprint density at radius 2 is 1.64 bits per heavy atom. The fraction of sp³-hybridized carbons (Fsp3) is 0. The summed E-state index contributed by atoms with van der Waals surface area (Å²) in [5.74, 6) is 0.209. The summed E-state index contributed by atoms with van der Waals surface area (Å²) in [5, 5.41) is 0.774. The Morgan fingerprint density at radius 1 is 0.920 bits per heavy atom. The van der Waals surface area contributed by atoms with Gasteiger partial charge in [0.05, 0.1) is 15.7 Å². The van der Waals surface area contributed by atoms with Crippen molar-refractivity contribution in [2.45, 2.75) is 9.79 Å². The van der Waals surface area contributed by atoms with Gasteiger partial charge in [-0.05, 0) is 42.5 Å². The lowest BCUT2D eigenvalue weighted by Gasteiger charge is -2.04. The van der Waals surface area contributed by atoms with Crippen LogP contribution in [0.1, 0.15) is 0 Å². The van der Waals surface area contributed by atoms with E-state index in [0.717, 1.165) is 15.4 Å². The average Bonchev–Trinajstić information content (AvgIpc) is 3.01. The molecule has 0 radical (unpaired) electrons. The highest BCUT2D eigenvalue weighted by Gasteiger charge is 2.22. The van der Waals surface area contributed by atoms with Gasteiger partial charge in [-0.25, -0.2) is 8.60 Å². The van der Waals surface area contributed by atoms with Gasteiger partial charge in [-0.2, -0.15) is 0 Å². The fourth-order valence-electron chi connectivity index (χ4n) is 2.69. The number of rotatable bonds is 3. The Bertz CT molecular complexity index is 1070. The van der Waals surface area contributed by atoms with Crippen LogP contribution in [-0.4, -0.2) is 4.21 Å². The second kappa shape index (κ2) is 6.58. The zero-order valence-corrected chi connectivity index (χ0v) is 15.3. The standard InChI is InChI=1S/C20H12BrFO2S/c21-14-6-11-18-17(12-14)20(19(24-18)13-4-2-1-3-5-13)25(23)16-9-7-15(22)8-10-16/h1-12H/t25-/m1/s1. The number of hydrogen-bond donors (Lipinski definition) is 0. The summed E-state index contributed by atoms with van der Waals surface area (Å²) in [6.45, 7) is 0. The molecule has 0 aliphatic carbocycles. The molecule has 2 nitrogen and oxygen atoms in total. The van der Waals surface area contributed by atoms with Gasteiger partial charge < -0.3 is 4.42 Å². The molecule has 1 aromatic heterocycles. The summed E-state index contributed by atoms with van der Waals surface area (Å²) >= 11 is 3.46. The van der Waals surface area contributed by atoms with Crippen LogP contribution >= 0.6 is 15.9 Å². The fourth-order valence-corrected chi connectivity index (χ4v) is 4.35. The van der Waals surface area contributed by atoms with Crippen molar-refractivity contribution >= 4 is 37.7 Å². The van der Waals surface area contributed by atoms with Crippen molar-refractivity contribution < 1.29 is 13.0 Å². The van der Waals surface area contributed by atoms with E-state index in [1.807, 2.05) is 48.5 Å². The lowest BCUT2D eigenvalue weighted by Crippen LogP contribution is -1.94. The van der Waals surface area contributed by atoms with Crippen molar-refractivity contribution in [2.75, 3.05) is 0 Å². The Morgan fingerprint density at radius 3 is 2.36 bits per heavy atom. The monoisotopic (exact) mass is 414 g/mol. The van der Waals surface area contributed by atoms with E-state index in [4.69, 9.17) is 4.42 Å². The molecule has 0 fully saturated rings. The van der Waals surface area contributed by atoms with Crippen LogP contribution in [0.25, 0.3) is 22.3 Å². The third kappa shape index (κ3) is 3.05. The summed E-state index contributed by atoms with van der Waals surface area (Å²) in [5.41, 5.74) is 1.51. The molecular weight excluding hydrogens is 403 g/mol. The maximum Gasteiger partial charge on any atom is 0.151 e. The molecule has 0 N–H and O–H groups in total. The van der Waals surface area contributed by atoms with Gasteiger partial charge in [0.1, 0.15) is 11.4 Å². The highest BCUT2D eigenvalue weighted by molar-refractivity contribution is 9.10. The van der Waals surface area contributed by atoms with Crippen LogP contribution in [0.5, 0.6) is 0 Å². The molecule has 3 aromatic carbocycles. The molecule has 0 saturated heterocycles. The zero-order valence-electron chi connectivity index (χ0n) is 12.9. The van der Waals surface area contributed by atoms with Crippen LogP contribution in [0.15, 0.2) is 91.5 Å². The predicted molar refractivity (Wildman–Crippen MR) is 100 cm³/mol. The summed E-state index contributed by atoms with van der Waals surface area (Å²) in [4.78, 5) is 1.12. The van der Waals surface area contributed by atoms with E-state index >= 15 is 0 Å². The van der Waals surface area contributed by atoms with E-state index in [1.54, 1.807) is 0 Å². The van der Waals surface area contributed by atoms with Crippen LogP contribution in [0.4, 0.5) is 4.39 Å². The van der Waals surface area contributed by atoms with E-state index in [2.05, 4.69) is 15.9 Å². The van der Waals surface area contributed by atoms with E-state index in [9.17, 15) is 8.60 Å². The molecule has 0 aliphatic rings. The molecule has 0 aliphatic heterocycles. The van der Waals surface area contributed by atoms with Crippen LogP contribution in [0.2, 0.25) is 0 Å². The van der Waals surface area contributed by atoms with E-state index in [-0.39, 0.29) is 5.82 Å². The maximum absolute atomic E-state index is 13.3. The third-order valence-electron chi connectivity index (χ3n) is 3.85. The Hall–Kier alpha value is -2.24. The first-order valence-electron chi connectivity index (χ1n) is 7.58. The molecule has 4 rings (SSSR count). The van der Waals surface area contributed by atoms with Crippen molar-refractivity contribution in [1.82, 2.24) is 0 Å². The van der Waals surface area contributed by atoms with Crippen LogP contribution in [0.3, 0.4) is 0 Å². The first kappa shape index (κ1) is 16.2. The largest absolute Gasteiger partial charge is 0.455 e. The first-order chi connectivity index (χ1) is 12.1. The first-order valence-corrected chi connectivity index (χ1v) is 9.52. The summed E-state index contributed by atoms with van der Waals surface area (Å²) in [6, 6.07) is 20.9. The smallest absolute Gasteiger partial charge is 0.151 e. The minimum Gasteiger partial charge on any atom is -0.455 e. The van der Waals surface area contributed by atoms with Gasteiger partial charge in [-0.1, -0.05) is 46.3 Å². The molecule has 0 saturated carbocycles. The number of benzene rings is 3. The van der Waals surface area contributed by atoms with Crippen molar-refractivity contribution in [3.63, 3.8) is 0 Å². The normalized spacial score (nSPS) is 12.4. The lowest BCUT2D eigenvalue weighted by molar-refractivity contribution is 0.622. The van der Waals surface area contributed by atoms with Gasteiger partial charge in [-0.3, -0.25) is 0 Å². The average molecular weight is 415 g/mol. The molecule has 25 heavy (non-hydrogen) atoms. The molecule has 4 aromatic rings. The molecule has 1 atom stereocenters. The van der Waals surface area contributed by atoms with Crippen LogP contribution in [-0.2, 0) is 10.8 Å². The van der Waals surface area contributed by atoms with Crippen LogP contribution < -0.4 is 0 Å². The number of halogens is 2. The molecule has 124 valence electrons. The van der Waals surface area contributed by atoms with E-state index < -0.39 is 10.8 Å². The minimum absolute atomic E-state index is 0.358.